The topological polar surface area (TPSA) is 58.4 Å². The highest BCUT2D eigenvalue weighted by Crippen LogP contribution is 2.39. The van der Waals surface area contributed by atoms with Crippen molar-refractivity contribution in [1.29, 1.82) is 0 Å². The molecule has 2 aliphatic rings. The quantitative estimate of drug-likeness (QED) is 0.653. The van der Waals surface area contributed by atoms with Gasteiger partial charge in [-0.3, -0.25) is 10.1 Å². The van der Waals surface area contributed by atoms with Crippen molar-refractivity contribution in [3.05, 3.63) is 33.9 Å². The lowest BCUT2D eigenvalue weighted by molar-refractivity contribution is -0.384. The summed E-state index contributed by atoms with van der Waals surface area (Å²) >= 11 is 0. The Balaban J connectivity index is 1.98. The number of hydrogen-bond acceptors (Lipinski definition) is 4. The molecule has 19 heavy (non-hydrogen) atoms. The van der Waals surface area contributed by atoms with Gasteiger partial charge in [0.25, 0.3) is 5.69 Å². The average Bonchev–Trinajstić information content (AvgIpc) is 2.92. The van der Waals surface area contributed by atoms with Crippen molar-refractivity contribution in [2.45, 2.75) is 19.9 Å². The summed E-state index contributed by atoms with van der Waals surface area (Å²) in [6.07, 6.45) is 0. The summed E-state index contributed by atoms with van der Waals surface area (Å²) in [4.78, 5) is 13.2. The Morgan fingerprint density at radius 1 is 1.42 bits per heavy atom. The summed E-state index contributed by atoms with van der Waals surface area (Å²) in [5.41, 5.74) is 2.08. The van der Waals surface area contributed by atoms with E-state index in [4.69, 9.17) is 0 Å². The summed E-state index contributed by atoms with van der Waals surface area (Å²) < 4.78 is 0. The number of nitrogens with zero attached hydrogens (tertiary/aromatic N) is 2. The molecule has 0 amide bonds. The number of benzene rings is 1. The first-order valence-corrected chi connectivity index (χ1v) is 6.80. The lowest BCUT2D eigenvalue weighted by Crippen LogP contribution is -2.33. The molecule has 102 valence electrons. The number of nitro groups is 1. The van der Waals surface area contributed by atoms with Gasteiger partial charge < -0.3 is 10.2 Å². The predicted molar refractivity (Wildman–Crippen MR) is 74.5 cm³/mol. The van der Waals surface area contributed by atoms with E-state index >= 15 is 0 Å². The molecule has 0 spiro atoms. The van der Waals surface area contributed by atoms with E-state index in [9.17, 15) is 10.1 Å². The zero-order chi connectivity index (χ0) is 13.6. The van der Waals surface area contributed by atoms with E-state index in [0.29, 0.717) is 17.9 Å². The minimum atomic E-state index is -0.270. The Labute approximate surface area is 112 Å². The Morgan fingerprint density at radius 3 is 2.89 bits per heavy atom. The van der Waals surface area contributed by atoms with Gasteiger partial charge in [0.1, 0.15) is 5.69 Å². The fourth-order valence-corrected chi connectivity index (χ4v) is 3.50. The summed E-state index contributed by atoms with van der Waals surface area (Å²) in [5, 5.41) is 14.6. The third-order valence-corrected chi connectivity index (χ3v) is 4.57. The van der Waals surface area contributed by atoms with E-state index in [1.165, 1.54) is 0 Å². The van der Waals surface area contributed by atoms with E-state index < -0.39 is 0 Å². The minimum Gasteiger partial charge on any atom is -0.363 e. The molecule has 2 heterocycles. The first-order valence-electron chi connectivity index (χ1n) is 6.80. The highest BCUT2D eigenvalue weighted by molar-refractivity contribution is 5.65. The first kappa shape index (κ1) is 12.4. The van der Waals surface area contributed by atoms with E-state index in [0.717, 1.165) is 30.9 Å². The third-order valence-electron chi connectivity index (χ3n) is 4.57. The summed E-state index contributed by atoms with van der Waals surface area (Å²) in [6, 6.07) is 5.75. The maximum Gasteiger partial charge on any atom is 0.292 e. The van der Waals surface area contributed by atoms with Crippen molar-refractivity contribution in [1.82, 2.24) is 5.32 Å². The second-order valence-corrected chi connectivity index (χ2v) is 5.72. The van der Waals surface area contributed by atoms with Gasteiger partial charge in [0.05, 0.1) is 4.92 Å². The molecule has 1 aromatic carbocycles. The van der Waals surface area contributed by atoms with Gasteiger partial charge in [-0.15, -0.1) is 0 Å². The molecule has 2 aliphatic heterocycles. The molecular formula is C14H19N3O2. The maximum atomic E-state index is 11.2. The van der Waals surface area contributed by atoms with Crippen LogP contribution in [-0.4, -0.2) is 30.6 Å². The van der Waals surface area contributed by atoms with Gasteiger partial charge in [-0.05, 0) is 37.3 Å². The molecule has 3 rings (SSSR count). The second kappa shape index (κ2) is 4.49. The first-order chi connectivity index (χ1) is 9.08. The predicted octanol–water partition coefficient (Wildman–Crippen LogP) is 1.95. The molecule has 5 nitrogen and oxygen atoms in total. The van der Waals surface area contributed by atoms with Gasteiger partial charge in [0.2, 0.25) is 0 Å². The Bertz CT molecular complexity index is 517. The van der Waals surface area contributed by atoms with E-state index in [-0.39, 0.29) is 10.6 Å². The smallest absolute Gasteiger partial charge is 0.292 e. The number of aryl methyl sites for hydroxylation is 1. The van der Waals surface area contributed by atoms with Gasteiger partial charge in [0, 0.05) is 31.7 Å². The van der Waals surface area contributed by atoms with Crippen molar-refractivity contribution in [2.75, 3.05) is 24.5 Å². The molecule has 5 heteroatoms. The van der Waals surface area contributed by atoms with Crippen LogP contribution in [0.2, 0.25) is 0 Å². The molecule has 2 saturated heterocycles. The molecule has 0 bridgehead atoms. The number of anilines is 1. The summed E-state index contributed by atoms with van der Waals surface area (Å²) in [6.45, 7) is 7.15. The van der Waals surface area contributed by atoms with Crippen molar-refractivity contribution in [3.8, 4) is 0 Å². The molecule has 0 radical (unpaired) electrons. The zero-order valence-corrected chi connectivity index (χ0v) is 11.3. The van der Waals surface area contributed by atoms with E-state index in [1.54, 1.807) is 6.07 Å². The van der Waals surface area contributed by atoms with Crippen LogP contribution in [0.15, 0.2) is 18.2 Å². The molecule has 2 fully saturated rings. The Hall–Kier alpha value is -1.62. The zero-order valence-electron chi connectivity index (χ0n) is 11.3. The molecule has 3 atom stereocenters. The molecule has 3 unspecified atom stereocenters. The van der Waals surface area contributed by atoms with Crippen LogP contribution in [0.4, 0.5) is 11.4 Å². The van der Waals surface area contributed by atoms with Crippen LogP contribution in [0, 0.1) is 28.9 Å². The van der Waals surface area contributed by atoms with Gasteiger partial charge in [-0.25, -0.2) is 0 Å². The molecule has 0 aliphatic carbocycles. The minimum absolute atomic E-state index is 0.227. The van der Waals surface area contributed by atoms with Crippen molar-refractivity contribution < 1.29 is 4.92 Å². The summed E-state index contributed by atoms with van der Waals surface area (Å²) in [5.74, 6) is 1.23. The Kier molecular flexibility index (Phi) is 2.93. The maximum absolute atomic E-state index is 11.2. The average molecular weight is 261 g/mol. The van der Waals surface area contributed by atoms with E-state index in [2.05, 4.69) is 17.1 Å². The third kappa shape index (κ3) is 1.98. The molecule has 1 N–H and O–H groups in total. The van der Waals surface area contributed by atoms with Crippen molar-refractivity contribution >= 4 is 11.4 Å². The van der Waals surface area contributed by atoms with Crippen LogP contribution < -0.4 is 10.2 Å². The van der Waals surface area contributed by atoms with Crippen molar-refractivity contribution in [2.24, 2.45) is 11.8 Å². The van der Waals surface area contributed by atoms with Crippen LogP contribution in [0.3, 0.4) is 0 Å². The largest absolute Gasteiger partial charge is 0.363 e. The standard InChI is InChI=1S/C14H19N3O2/c1-9-3-4-13(17(18)19)14(5-9)16-8-11-6-15-7-12(11)10(16)2/h3-5,10-12,15H,6-8H2,1-2H3. The number of nitrogens with one attached hydrogen (secondary N) is 1. The Morgan fingerprint density at radius 2 is 2.21 bits per heavy atom. The molecule has 0 aromatic heterocycles. The van der Waals surface area contributed by atoms with Gasteiger partial charge in [-0.1, -0.05) is 6.07 Å². The summed E-state index contributed by atoms with van der Waals surface area (Å²) in [7, 11) is 0. The molecule has 0 saturated carbocycles. The number of fused-ring (bicyclic) bond motifs is 1. The highest BCUT2D eigenvalue weighted by atomic mass is 16.6. The number of rotatable bonds is 2. The van der Waals surface area contributed by atoms with Crippen LogP contribution in [-0.2, 0) is 0 Å². The number of nitro benzene ring substituents is 1. The normalized spacial score (nSPS) is 29.6. The lowest BCUT2D eigenvalue weighted by atomic mass is 9.95. The lowest BCUT2D eigenvalue weighted by Gasteiger charge is -2.26. The SMILES string of the molecule is Cc1ccc([N+](=O)[O-])c(N2CC3CNCC3C2C)c1. The van der Waals surface area contributed by atoms with Crippen LogP contribution in [0.5, 0.6) is 0 Å². The van der Waals surface area contributed by atoms with Crippen LogP contribution in [0.25, 0.3) is 0 Å². The number of hydrogen-bond donors (Lipinski definition) is 1. The molecular weight excluding hydrogens is 242 g/mol. The van der Waals surface area contributed by atoms with Crippen LogP contribution in [0.1, 0.15) is 12.5 Å². The van der Waals surface area contributed by atoms with Crippen LogP contribution >= 0.6 is 0 Å². The van der Waals surface area contributed by atoms with E-state index in [1.807, 2.05) is 19.1 Å². The fraction of sp³-hybridized carbons (Fsp3) is 0.571. The van der Waals surface area contributed by atoms with Gasteiger partial charge in [-0.2, -0.15) is 0 Å². The fourth-order valence-electron chi connectivity index (χ4n) is 3.50. The van der Waals surface area contributed by atoms with Crippen molar-refractivity contribution in [3.63, 3.8) is 0 Å². The molecule has 1 aromatic rings. The highest BCUT2D eigenvalue weighted by Gasteiger charge is 2.43. The monoisotopic (exact) mass is 261 g/mol. The second-order valence-electron chi connectivity index (χ2n) is 5.72. The van der Waals surface area contributed by atoms with Gasteiger partial charge in [0.15, 0.2) is 0 Å². The van der Waals surface area contributed by atoms with Gasteiger partial charge >= 0.3 is 0 Å².